The van der Waals surface area contributed by atoms with Gasteiger partial charge in [-0.3, -0.25) is 4.79 Å². The lowest BCUT2D eigenvalue weighted by atomic mass is 9.91. The fourth-order valence-electron chi connectivity index (χ4n) is 1.39. The molecular weight excluding hydrogens is 251 g/mol. The third-order valence-corrected chi connectivity index (χ3v) is 2.54. The summed E-state index contributed by atoms with van der Waals surface area (Å²) in [6.07, 6.45) is -4.44. The van der Waals surface area contributed by atoms with Gasteiger partial charge in [0.15, 0.2) is 5.54 Å². The zero-order valence-electron chi connectivity index (χ0n) is 9.28. The molecule has 18 heavy (non-hydrogen) atoms. The van der Waals surface area contributed by atoms with E-state index >= 15 is 0 Å². The molecule has 1 unspecified atom stereocenters. The number of carbonyl (C=O) groups excluding carboxylic acids is 1. The molecule has 1 aromatic carbocycles. The van der Waals surface area contributed by atoms with Crippen LogP contribution in [0.25, 0.3) is 0 Å². The minimum Gasteiger partial charge on any atom is -0.479 e. The number of amides is 1. The molecule has 1 atom stereocenters. The summed E-state index contributed by atoms with van der Waals surface area (Å²) in [4.78, 5) is 21.5. The zero-order chi connectivity index (χ0) is 14.0. The number of aliphatic carboxylic acids is 1. The van der Waals surface area contributed by atoms with E-state index in [1.54, 1.807) is 0 Å². The Kier molecular flexibility index (Phi) is 3.64. The topological polar surface area (TPSA) is 66.4 Å². The molecule has 0 aliphatic heterocycles. The molecule has 0 heterocycles. The minimum atomic E-state index is -4.57. The summed E-state index contributed by atoms with van der Waals surface area (Å²) in [5, 5.41) is 11.0. The first-order valence-corrected chi connectivity index (χ1v) is 4.84. The summed E-state index contributed by atoms with van der Waals surface area (Å²) < 4.78 is 37.5. The van der Waals surface area contributed by atoms with E-state index in [1.165, 1.54) is 6.07 Å². The van der Waals surface area contributed by atoms with Gasteiger partial charge in [-0.05, 0) is 24.6 Å². The average molecular weight is 261 g/mol. The smallest absolute Gasteiger partial charge is 0.416 e. The number of carbonyl (C=O) groups is 2. The van der Waals surface area contributed by atoms with Crippen molar-refractivity contribution in [1.82, 2.24) is 5.32 Å². The summed E-state index contributed by atoms with van der Waals surface area (Å²) in [5.74, 6) is -1.45. The highest BCUT2D eigenvalue weighted by Gasteiger charge is 2.37. The van der Waals surface area contributed by atoms with Gasteiger partial charge in [-0.15, -0.1) is 0 Å². The van der Waals surface area contributed by atoms with E-state index in [9.17, 15) is 22.8 Å². The van der Waals surface area contributed by atoms with Gasteiger partial charge in [0.1, 0.15) is 0 Å². The maximum absolute atomic E-state index is 12.5. The van der Waals surface area contributed by atoms with Gasteiger partial charge in [-0.2, -0.15) is 13.2 Å². The van der Waals surface area contributed by atoms with E-state index < -0.39 is 23.2 Å². The van der Waals surface area contributed by atoms with Crippen LogP contribution in [0.2, 0.25) is 0 Å². The highest BCUT2D eigenvalue weighted by Crippen LogP contribution is 2.32. The van der Waals surface area contributed by atoms with Gasteiger partial charge < -0.3 is 10.4 Å². The normalized spacial score (nSPS) is 14.7. The molecule has 0 fully saturated rings. The fraction of sp³-hybridized carbons (Fsp3) is 0.273. The van der Waals surface area contributed by atoms with Crippen molar-refractivity contribution in [3.8, 4) is 0 Å². The van der Waals surface area contributed by atoms with E-state index in [0.29, 0.717) is 6.07 Å². The van der Waals surface area contributed by atoms with Crippen LogP contribution >= 0.6 is 0 Å². The van der Waals surface area contributed by atoms with E-state index in [0.717, 1.165) is 19.1 Å². The van der Waals surface area contributed by atoms with Crippen molar-refractivity contribution in [2.24, 2.45) is 0 Å². The second kappa shape index (κ2) is 4.67. The Hall–Kier alpha value is -2.05. The first kappa shape index (κ1) is 14.0. The van der Waals surface area contributed by atoms with E-state index in [-0.39, 0.29) is 12.0 Å². The van der Waals surface area contributed by atoms with Gasteiger partial charge in [-0.25, -0.2) is 4.79 Å². The molecule has 1 amide bonds. The van der Waals surface area contributed by atoms with Crippen LogP contribution in [0.3, 0.4) is 0 Å². The van der Waals surface area contributed by atoms with Crippen LogP contribution in [0.1, 0.15) is 18.1 Å². The molecule has 0 spiro atoms. The predicted octanol–water partition coefficient (Wildman–Crippen LogP) is 1.75. The van der Waals surface area contributed by atoms with E-state index in [1.807, 2.05) is 5.32 Å². The van der Waals surface area contributed by atoms with Crippen molar-refractivity contribution in [3.63, 3.8) is 0 Å². The summed E-state index contributed by atoms with van der Waals surface area (Å²) in [6, 6.07) is 3.82. The average Bonchev–Trinajstić information content (AvgIpc) is 2.28. The Morgan fingerprint density at radius 1 is 1.33 bits per heavy atom. The van der Waals surface area contributed by atoms with Crippen molar-refractivity contribution >= 4 is 12.4 Å². The van der Waals surface area contributed by atoms with Crippen molar-refractivity contribution in [3.05, 3.63) is 35.4 Å². The number of rotatable bonds is 4. The molecule has 0 saturated heterocycles. The second-order valence-electron chi connectivity index (χ2n) is 3.77. The maximum atomic E-state index is 12.5. The van der Waals surface area contributed by atoms with E-state index in [4.69, 9.17) is 5.11 Å². The summed E-state index contributed by atoms with van der Waals surface area (Å²) in [7, 11) is 0. The van der Waals surface area contributed by atoms with Crippen molar-refractivity contribution in [2.45, 2.75) is 18.6 Å². The highest BCUT2D eigenvalue weighted by atomic mass is 19.4. The molecule has 0 radical (unpaired) electrons. The minimum absolute atomic E-state index is 0.133. The van der Waals surface area contributed by atoms with Gasteiger partial charge in [-0.1, -0.05) is 12.1 Å². The first-order chi connectivity index (χ1) is 8.21. The van der Waals surface area contributed by atoms with Crippen LogP contribution in [0, 0.1) is 0 Å². The molecule has 0 saturated carbocycles. The standard InChI is InChI=1S/C11H10F3NO3/c1-10(9(17)18,15-6-16)7-3-2-4-8(5-7)11(12,13)14/h2-6H,1H3,(H,15,16)(H,17,18). The molecule has 0 aromatic heterocycles. The summed E-state index contributed by atoms with van der Waals surface area (Å²) >= 11 is 0. The van der Waals surface area contributed by atoms with Crippen LogP contribution < -0.4 is 5.32 Å². The van der Waals surface area contributed by atoms with Crippen molar-refractivity contribution in [2.75, 3.05) is 0 Å². The molecule has 4 nitrogen and oxygen atoms in total. The molecule has 0 aliphatic rings. The number of hydrogen-bond donors (Lipinski definition) is 2. The van der Waals surface area contributed by atoms with Gasteiger partial charge >= 0.3 is 12.1 Å². The fourth-order valence-corrected chi connectivity index (χ4v) is 1.39. The lowest BCUT2D eigenvalue weighted by Gasteiger charge is -2.25. The predicted molar refractivity (Wildman–Crippen MR) is 55.6 cm³/mol. The first-order valence-electron chi connectivity index (χ1n) is 4.84. The Labute approximate surface area is 100 Å². The van der Waals surface area contributed by atoms with Crippen molar-refractivity contribution < 1.29 is 27.9 Å². The van der Waals surface area contributed by atoms with Crippen LogP contribution in [-0.4, -0.2) is 17.5 Å². The number of carboxylic acid groups (broad SMARTS) is 1. The second-order valence-corrected chi connectivity index (χ2v) is 3.77. The molecule has 98 valence electrons. The summed E-state index contributed by atoms with van der Waals surface area (Å²) in [5.41, 5.74) is -3.03. The number of alkyl halides is 3. The number of halogens is 3. The molecule has 7 heteroatoms. The number of benzene rings is 1. The monoisotopic (exact) mass is 261 g/mol. The van der Waals surface area contributed by atoms with E-state index in [2.05, 4.69) is 0 Å². The molecule has 0 bridgehead atoms. The van der Waals surface area contributed by atoms with Crippen molar-refractivity contribution in [1.29, 1.82) is 0 Å². The molecule has 1 aromatic rings. The molecule has 2 N–H and O–H groups in total. The van der Waals surface area contributed by atoms with Crippen LogP contribution in [0.5, 0.6) is 0 Å². The molecule has 1 rings (SSSR count). The largest absolute Gasteiger partial charge is 0.479 e. The van der Waals surface area contributed by atoms with Gasteiger partial charge in [0, 0.05) is 0 Å². The quantitative estimate of drug-likeness (QED) is 0.811. The molecule has 0 aliphatic carbocycles. The lowest BCUT2D eigenvalue weighted by molar-refractivity contribution is -0.146. The number of hydrogen-bond acceptors (Lipinski definition) is 2. The Morgan fingerprint density at radius 2 is 1.89 bits per heavy atom. The SMILES string of the molecule is CC(NC=O)(C(=O)O)c1cccc(C(F)(F)F)c1. The lowest BCUT2D eigenvalue weighted by Crippen LogP contribution is -2.46. The number of nitrogens with one attached hydrogen (secondary N) is 1. The van der Waals surface area contributed by atoms with Gasteiger partial charge in [0.05, 0.1) is 5.56 Å². The third kappa shape index (κ3) is 2.61. The van der Waals surface area contributed by atoms with Crippen LogP contribution in [0.4, 0.5) is 13.2 Å². The van der Waals surface area contributed by atoms with Gasteiger partial charge in [0.2, 0.25) is 6.41 Å². The van der Waals surface area contributed by atoms with Crippen LogP contribution in [-0.2, 0) is 21.3 Å². The highest BCUT2D eigenvalue weighted by molar-refractivity contribution is 5.82. The Morgan fingerprint density at radius 3 is 2.33 bits per heavy atom. The Bertz CT molecular complexity index is 473. The zero-order valence-corrected chi connectivity index (χ0v) is 9.28. The number of carboxylic acids is 1. The van der Waals surface area contributed by atoms with Crippen LogP contribution in [0.15, 0.2) is 24.3 Å². The summed E-state index contributed by atoms with van der Waals surface area (Å²) in [6.45, 7) is 1.11. The molecular formula is C11H10F3NO3. The third-order valence-electron chi connectivity index (χ3n) is 2.54. The maximum Gasteiger partial charge on any atom is 0.416 e. The Balaban J connectivity index is 3.31. The van der Waals surface area contributed by atoms with Gasteiger partial charge in [0.25, 0.3) is 0 Å².